The SMILES string of the molecule is CC(C)C(C)(CN)NCc1cc(F)ccc1Br.Cl. The predicted molar refractivity (Wildman–Crippen MR) is 80.5 cm³/mol. The molecule has 0 bridgehead atoms. The van der Waals surface area contributed by atoms with Crippen LogP contribution < -0.4 is 11.1 Å². The Labute approximate surface area is 123 Å². The molecule has 0 aliphatic carbocycles. The second-order valence-corrected chi connectivity index (χ2v) is 5.72. The summed E-state index contributed by atoms with van der Waals surface area (Å²) in [6.07, 6.45) is 0. The highest BCUT2D eigenvalue weighted by atomic mass is 79.9. The van der Waals surface area contributed by atoms with E-state index < -0.39 is 0 Å². The van der Waals surface area contributed by atoms with Gasteiger partial charge in [-0.15, -0.1) is 12.4 Å². The number of hydrogen-bond donors (Lipinski definition) is 2. The van der Waals surface area contributed by atoms with Crippen molar-refractivity contribution in [1.29, 1.82) is 0 Å². The lowest BCUT2D eigenvalue weighted by Gasteiger charge is -2.34. The quantitative estimate of drug-likeness (QED) is 0.862. The first-order chi connectivity index (χ1) is 7.89. The lowest BCUT2D eigenvalue weighted by molar-refractivity contribution is 0.267. The van der Waals surface area contributed by atoms with Crippen LogP contribution in [0.15, 0.2) is 22.7 Å². The van der Waals surface area contributed by atoms with Gasteiger partial charge in [0.1, 0.15) is 5.82 Å². The number of halogens is 3. The zero-order valence-electron chi connectivity index (χ0n) is 11.0. The van der Waals surface area contributed by atoms with Crippen molar-refractivity contribution in [3.63, 3.8) is 0 Å². The van der Waals surface area contributed by atoms with Gasteiger partial charge in [0.05, 0.1) is 0 Å². The summed E-state index contributed by atoms with van der Waals surface area (Å²) in [5.74, 6) is 0.198. The van der Waals surface area contributed by atoms with E-state index in [9.17, 15) is 4.39 Å². The largest absolute Gasteiger partial charge is 0.329 e. The standard InChI is InChI=1S/C13H20BrFN2.ClH/c1-9(2)13(3,8-16)17-7-10-6-11(15)4-5-12(10)14;/h4-6,9,17H,7-8,16H2,1-3H3;1H. The van der Waals surface area contributed by atoms with E-state index in [0.717, 1.165) is 10.0 Å². The molecule has 104 valence electrons. The summed E-state index contributed by atoms with van der Waals surface area (Å²) in [5.41, 5.74) is 6.57. The van der Waals surface area contributed by atoms with E-state index in [2.05, 4.69) is 42.0 Å². The summed E-state index contributed by atoms with van der Waals surface area (Å²) < 4.78 is 14.0. The van der Waals surface area contributed by atoms with Crippen molar-refractivity contribution in [2.75, 3.05) is 6.54 Å². The Morgan fingerprint density at radius 1 is 1.44 bits per heavy atom. The highest BCUT2D eigenvalue weighted by Gasteiger charge is 2.25. The molecule has 0 saturated heterocycles. The normalized spacial score (nSPS) is 14.2. The fraction of sp³-hybridized carbons (Fsp3) is 0.538. The fourth-order valence-corrected chi connectivity index (χ4v) is 1.87. The van der Waals surface area contributed by atoms with Gasteiger partial charge in [-0.2, -0.15) is 0 Å². The lowest BCUT2D eigenvalue weighted by Crippen LogP contribution is -2.52. The van der Waals surface area contributed by atoms with Crippen LogP contribution in [0.3, 0.4) is 0 Å². The minimum absolute atomic E-state index is 0. The van der Waals surface area contributed by atoms with Gasteiger partial charge in [-0.25, -0.2) is 4.39 Å². The van der Waals surface area contributed by atoms with Gasteiger partial charge in [-0.1, -0.05) is 29.8 Å². The molecule has 0 heterocycles. The van der Waals surface area contributed by atoms with Crippen LogP contribution in [-0.2, 0) is 6.54 Å². The lowest BCUT2D eigenvalue weighted by atomic mass is 9.88. The van der Waals surface area contributed by atoms with Crippen LogP contribution in [0.4, 0.5) is 4.39 Å². The van der Waals surface area contributed by atoms with Crippen molar-refractivity contribution in [3.05, 3.63) is 34.1 Å². The molecule has 1 unspecified atom stereocenters. The summed E-state index contributed by atoms with van der Waals surface area (Å²) in [6, 6.07) is 4.70. The smallest absolute Gasteiger partial charge is 0.123 e. The van der Waals surface area contributed by atoms with Crippen LogP contribution in [0.2, 0.25) is 0 Å². The Bertz CT molecular complexity index is 387. The molecule has 1 rings (SSSR count). The Kier molecular flexibility index (Phi) is 7.37. The van der Waals surface area contributed by atoms with Gasteiger partial charge in [-0.05, 0) is 36.6 Å². The van der Waals surface area contributed by atoms with Gasteiger partial charge < -0.3 is 11.1 Å². The molecular weight excluding hydrogens is 319 g/mol. The highest BCUT2D eigenvalue weighted by molar-refractivity contribution is 9.10. The van der Waals surface area contributed by atoms with Gasteiger partial charge in [0.15, 0.2) is 0 Å². The van der Waals surface area contributed by atoms with E-state index in [1.54, 1.807) is 6.07 Å². The van der Waals surface area contributed by atoms with Crippen LogP contribution in [0.5, 0.6) is 0 Å². The summed E-state index contributed by atoms with van der Waals surface area (Å²) in [5, 5.41) is 3.41. The maximum atomic E-state index is 13.1. The average Bonchev–Trinajstić information content (AvgIpc) is 2.29. The molecule has 2 nitrogen and oxygen atoms in total. The van der Waals surface area contributed by atoms with Crippen molar-refractivity contribution >= 4 is 28.3 Å². The second-order valence-electron chi connectivity index (χ2n) is 4.87. The monoisotopic (exact) mass is 338 g/mol. The Hall–Kier alpha value is -0.160. The van der Waals surface area contributed by atoms with Crippen LogP contribution in [0.25, 0.3) is 0 Å². The molecule has 0 fully saturated rings. The van der Waals surface area contributed by atoms with Crippen LogP contribution >= 0.6 is 28.3 Å². The van der Waals surface area contributed by atoms with Gasteiger partial charge in [0.2, 0.25) is 0 Å². The van der Waals surface area contributed by atoms with Crippen molar-refractivity contribution in [1.82, 2.24) is 5.32 Å². The number of benzene rings is 1. The summed E-state index contributed by atoms with van der Waals surface area (Å²) in [6.45, 7) is 7.49. The van der Waals surface area contributed by atoms with Crippen LogP contribution in [-0.4, -0.2) is 12.1 Å². The van der Waals surface area contributed by atoms with Crippen molar-refractivity contribution in [2.24, 2.45) is 11.7 Å². The van der Waals surface area contributed by atoms with E-state index in [0.29, 0.717) is 19.0 Å². The Balaban J connectivity index is 0.00000289. The van der Waals surface area contributed by atoms with Crippen molar-refractivity contribution in [3.8, 4) is 0 Å². The molecule has 18 heavy (non-hydrogen) atoms. The maximum absolute atomic E-state index is 13.1. The number of hydrogen-bond acceptors (Lipinski definition) is 2. The molecule has 0 radical (unpaired) electrons. The van der Waals surface area contributed by atoms with E-state index in [-0.39, 0.29) is 23.8 Å². The first kappa shape index (κ1) is 17.8. The van der Waals surface area contributed by atoms with Gasteiger partial charge in [0.25, 0.3) is 0 Å². The first-order valence-electron chi connectivity index (χ1n) is 5.78. The zero-order valence-corrected chi connectivity index (χ0v) is 13.4. The molecule has 0 aliphatic rings. The van der Waals surface area contributed by atoms with Crippen molar-refractivity contribution < 1.29 is 4.39 Å². The third-order valence-electron chi connectivity index (χ3n) is 3.39. The molecular formula is C13H21BrClFN2. The summed E-state index contributed by atoms with van der Waals surface area (Å²) in [4.78, 5) is 0. The Morgan fingerprint density at radius 2 is 2.06 bits per heavy atom. The molecule has 0 spiro atoms. The molecule has 1 aromatic carbocycles. The van der Waals surface area contributed by atoms with Gasteiger partial charge in [0, 0.05) is 23.1 Å². The zero-order chi connectivity index (χ0) is 13.1. The molecule has 3 N–H and O–H groups in total. The third kappa shape index (κ3) is 4.50. The van der Waals surface area contributed by atoms with E-state index >= 15 is 0 Å². The summed E-state index contributed by atoms with van der Waals surface area (Å²) >= 11 is 3.42. The van der Waals surface area contributed by atoms with E-state index in [4.69, 9.17) is 5.73 Å². The van der Waals surface area contributed by atoms with E-state index in [1.165, 1.54) is 12.1 Å². The molecule has 5 heteroatoms. The fourth-order valence-electron chi connectivity index (χ4n) is 1.49. The maximum Gasteiger partial charge on any atom is 0.123 e. The first-order valence-corrected chi connectivity index (χ1v) is 6.57. The highest BCUT2D eigenvalue weighted by Crippen LogP contribution is 2.20. The minimum atomic E-state index is -0.219. The Morgan fingerprint density at radius 3 is 2.56 bits per heavy atom. The molecule has 0 amide bonds. The summed E-state index contributed by atoms with van der Waals surface area (Å²) in [7, 11) is 0. The number of nitrogens with one attached hydrogen (secondary N) is 1. The number of nitrogens with two attached hydrogens (primary N) is 1. The predicted octanol–water partition coefficient (Wildman–Crippen LogP) is 3.47. The van der Waals surface area contributed by atoms with Crippen LogP contribution in [0.1, 0.15) is 26.3 Å². The number of rotatable bonds is 5. The van der Waals surface area contributed by atoms with Crippen molar-refractivity contribution in [2.45, 2.75) is 32.9 Å². The molecule has 0 aliphatic heterocycles. The molecule has 1 aromatic rings. The average molecular weight is 340 g/mol. The molecule has 0 aromatic heterocycles. The third-order valence-corrected chi connectivity index (χ3v) is 4.16. The van der Waals surface area contributed by atoms with Gasteiger partial charge in [-0.3, -0.25) is 0 Å². The van der Waals surface area contributed by atoms with Gasteiger partial charge >= 0.3 is 0 Å². The van der Waals surface area contributed by atoms with E-state index in [1.807, 2.05) is 0 Å². The van der Waals surface area contributed by atoms with Crippen LogP contribution in [0, 0.1) is 11.7 Å². The molecule has 1 atom stereocenters. The topological polar surface area (TPSA) is 38.0 Å². The molecule has 0 saturated carbocycles. The second kappa shape index (κ2) is 7.43. The minimum Gasteiger partial charge on any atom is -0.329 e.